The van der Waals surface area contributed by atoms with Crippen LogP contribution in [0, 0.1) is 0 Å². The number of unbranched alkanes of at least 4 members (excludes halogenated alkanes) is 1. The van der Waals surface area contributed by atoms with E-state index in [1.54, 1.807) is 0 Å². The van der Waals surface area contributed by atoms with Crippen LogP contribution in [0.1, 0.15) is 39.5 Å². The Kier molecular flexibility index (Phi) is 5.41. The Balaban J connectivity index is 2.69. The third-order valence-electron chi connectivity index (χ3n) is 3.20. The second-order valence-electron chi connectivity index (χ2n) is 4.63. The number of nitrogens with zero attached hydrogens (tertiary/aromatic N) is 1. The Hall–Kier alpha value is -1.10. The first-order valence-electron chi connectivity index (χ1n) is 6.32. The average molecular weight is 242 g/mol. The van der Waals surface area contributed by atoms with Crippen molar-refractivity contribution in [2.24, 2.45) is 0 Å². The van der Waals surface area contributed by atoms with E-state index in [1.807, 2.05) is 11.8 Å². The molecule has 0 aromatic heterocycles. The van der Waals surface area contributed by atoms with Gasteiger partial charge < -0.3 is 15.3 Å². The van der Waals surface area contributed by atoms with Crippen molar-refractivity contribution in [2.75, 3.05) is 13.1 Å². The van der Waals surface area contributed by atoms with E-state index >= 15 is 0 Å². The van der Waals surface area contributed by atoms with Crippen LogP contribution in [0.15, 0.2) is 0 Å². The summed E-state index contributed by atoms with van der Waals surface area (Å²) < 4.78 is 0. The molecule has 0 aliphatic carbocycles. The number of carbonyl (C=O) groups is 2. The van der Waals surface area contributed by atoms with Gasteiger partial charge in [-0.3, -0.25) is 9.59 Å². The summed E-state index contributed by atoms with van der Waals surface area (Å²) in [4.78, 5) is 24.7. The fourth-order valence-corrected chi connectivity index (χ4v) is 2.12. The minimum atomic E-state index is -0.930. The van der Waals surface area contributed by atoms with Gasteiger partial charge >= 0.3 is 5.97 Å². The predicted octanol–water partition coefficient (Wildman–Crippen LogP) is 0.840. The van der Waals surface area contributed by atoms with Crippen LogP contribution in [0.25, 0.3) is 0 Å². The molecule has 1 fully saturated rings. The van der Waals surface area contributed by atoms with E-state index in [0.717, 1.165) is 25.8 Å². The first kappa shape index (κ1) is 14.0. The van der Waals surface area contributed by atoms with Crippen LogP contribution in [0.2, 0.25) is 0 Å². The number of aliphatic carboxylic acids is 1. The largest absolute Gasteiger partial charge is 0.481 e. The molecule has 0 spiro atoms. The zero-order valence-corrected chi connectivity index (χ0v) is 10.6. The van der Waals surface area contributed by atoms with E-state index in [-0.39, 0.29) is 18.4 Å². The summed E-state index contributed by atoms with van der Waals surface area (Å²) in [5, 5.41) is 11.8. The number of amides is 1. The molecule has 0 aromatic rings. The summed E-state index contributed by atoms with van der Waals surface area (Å²) in [6.07, 6.45) is 2.75. The number of carboxylic acid groups (broad SMARTS) is 1. The van der Waals surface area contributed by atoms with Crippen molar-refractivity contribution in [1.29, 1.82) is 0 Å². The molecule has 1 heterocycles. The van der Waals surface area contributed by atoms with E-state index in [1.165, 1.54) is 0 Å². The number of hydrogen-bond donors (Lipinski definition) is 2. The number of rotatable bonds is 5. The fraction of sp³-hybridized carbons (Fsp3) is 0.833. The highest BCUT2D eigenvalue weighted by molar-refractivity contribution is 5.86. The molecule has 0 radical (unpaired) electrons. The Morgan fingerprint density at radius 3 is 2.88 bits per heavy atom. The van der Waals surface area contributed by atoms with Crippen LogP contribution in [0.4, 0.5) is 0 Å². The van der Waals surface area contributed by atoms with Gasteiger partial charge in [-0.15, -0.1) is 0 Å². The zero-order valence-electron chi connectivity index (χ0n) is 10.6. The highest BCUT2D eigenvalue weighted by atomic mass is 16.4. The molecule has 0 bridgehead atoms. The van der Waals surface area contributed by atoms with Gasteiger partial charge in [0.1, 0.15) is 0 Å². The molecule has 2 unspecified atom stereocenters. The molecule has 1 rings (SSSR count). The smallest absolute Gasteiger partial charge is 0.305 e. The molecular formula is C12H22N2O3. The maximum atomic E-state index is 12.2. The predicted molar refractivity (Wildman–Crippen MR) is 64.7 cm³/mol. The summed E-state index contributed by atoms with van der Waals surface area (Å²) >= 11 is 0. The van der Waals surface area contributed by atoms with Crippen LogP contribution in [0.3, 0.4) is 0 Å². The van der Waals surface area contributed by atoms with E-state index in [9.17, 15) is 9.59 Å². The molecule has 1 aliphatic rings. The maximum Gasteiger partial charge on any atom is 0.305 e. The van der Waals surface area contributed by atoms with Crippen molar-refractivity contribution in [3.8, 4) is 0 Å². The third kappa shape index (κ3) is 4.00. The van der Waals surface area contributed by atoms with Crippen LogP contribution in [-0.2, 0) is 9.59 Å². The Morgan fingerprint density at radius 2 is 2.29 bits per heavy atom. The molecule has 0 saturated carbocycles. The molecule has 0 aromatic carbocycles. The minimum Gasteiger partial charge on any atom is -0.481 e. The molecule has 2 atom stereocenters. The molecule has 1 aliphatic heterocycles. The molecule has 1 saturated heterocycles. The lowest BCUT2D eigenvalue weighted by atomic mass is 10.1. The van der Waals surface area contributed by atoms with Crippen molar-refractivity contribution in [3.63, 3.8) is 0 Å². The number of nitrogens with one attached hydrogen (secondary N) is 1. The summed E-state index contributed by atoms with van der Waals surface area (Å²) in [5.74, 6) is -0.994. The Bertz CT molecular complexity index is 281. The van der Waals surface area contributed by atoms with Gasteiger partial charge in [-0.25, -0.2) is 0 Å². The summed E-state index contributed by atoms with van der Waals surface area (Å²) in [7, 11) is 0. The molecule has 5 heteroatoms. The summed E-state index contributed by atoms with van der Waals surface area (Å²) in [6.45, 7) is 5.54. The lowest BCUT2D eigenvalue weighted by Gasteiger charge is -2.28. The van der Waals surface area contributed by atoms with E-state index in [2.05, 4.69) is 12.2 Å². The Labute approximate surface area is 102 Å². The fourth-order valence-electron chi connectivity index (χ4n) is 2.12. The summed E-state index contributed by atoms with van der Waals surface area (Å²) in [6, 6.07) is -0.366. The maximum absolute atomic E-state index is 12.2. The van der Waals surface area contributed by atoms with Crippen molar-refractivity contribution in [3.05, 3.63) is 0 Å². The van der Waals surface area contributed by atoms with Crippen LogP contribution < -0.4 is 5.32 Å². The third-order valence-corrected chi connectivity index (χ3v) is 3.20. The lowest BCUT2D eigenvalue weighted by Crippen LogP contribution is -2.47. The number of carbonyl (C=O) groups excluding carboxylic acids is 1. The van der Waals surface area contributed by atoms with Crippen LogP contribution in [-0.4, -0.2) is 47.1 Å². The number of hydrogen-bond acceptors (Lipinski definition) is 3. The molecule has 17 heavy (non-hydrogen) atoms. The minimum absolute atomic E-state index is 0.0640. The molecule has 2 N–H and O–H groups in total. The summed E-state index contributed by atoms with van der Waals surface area (Å²) in [5.41, 5.74) is 0. The lowest BCUT2D eigenvalue weighted by molar-refractivity contribution is -0.143. The monoisotopic (exact) mass is 242 g/mol. The van der Waals surface area contributed by atoms with Crippen molar-refractivity contribution in [1.82, 2.24) is 10.2 Å². The van der Waals surface area contributed by atoms with Gasteiger partial charge in [-0.2, -0.15) is 0 Å². The second-order valence-corrected chi connectivity index (χ2v) is 4.63. The highest BCUT2D eigenvalue weighted by Crippen LogP contribution is 2.13. The van der Waals surface area contributed by atoms with Crippen molar-refractivity contribution >= 4 is 11.9 Å². The SMILES string of the molecule is CCCCN1C(=O)C(CC(=O)O)NCCC1C. The normalized spacial score (nSPS) is 25.8. The van der Waals surface area contributed by atoms with E-state index in [0.29, 0.717) is 6.54 Å². The van der Waals surface area contributed by atoms with Crippen molar-refractivity contribution < 1.29 is 14.7 Å². The molecule has 5 nitrogen and oxygen atoms in total. The zero-order chi connectivity index (χ0) is 12.8. The van der Waals surface area contributed by atoms with Crippen LogP contribution in [0.5, 0.6) is 0 Å². The van der Waals surface area contributed by atoms with E-state index < -0.39 is 12.0 Å². The first-order chi connectivity index (χ1) is 8.06. The Morgan fingerprint density at radius 1 is 1.59 bits per heavy atom. The molecule has 1 amide bonds. The number of carboxylic acids is 1. The second kappa shape index (κ2) is 6.59. The van der Waals surface area contributed by atoms with Gasteiger partial charge in [0.2, 0.25) is 5.91 Å². The van der Waals surface area contributed by atoms with Gasteiger partial charge in [0.25, 0.3) is 0 Å². The van der Waals surface area contributed by atoms with Gasteiger partial charge in [0.15, 0.2) is 0 Å². The first-order valence-corrected chi connectivity index (χ1v) is 6.32. The molecule has 98 valence electrons. The topological polar surface area (TPSA) is 69.6 Å². The van der Waals surface area contributed by atoms with Crippen LogP contribution >= 0.6 is 0 Å². The highest BCUT2D eigenvalue weighted by Gasteiger charge is 2.31. The van der Waals surface area contributed by atoms with Gasteiger partial charge in [-0.1, -0.05) is 13.3 Å². The van der Waals surface area contributed by atoms with Crippen molar-refractivity contribution in [2.45, 2.75) is 51.6 Å². The standard InChI is InChI=1S/C12H22N2O3/c1-3-4-7-14-9(2)5-6-13-10(12(14)17)8-11(15)16/h9-10,13H,3-8H2,1-2H3,(H,15,16). The van der Waals surface area contributed by atoms with Gasteiger partial charge in [0, 0.05) is 12.6 Å². The molecular weight excluding hydrogens is 220 g/mol. The van der Waals surface area contributed by atoms with Gasteiger partial charge in [0.05, 0.1) is 12.5 Å². The quantitative estimate of drug-likeness (QED) is 0.749. The van der Waals surface area contributed by atoms with Gasteiger partial charge in [-0.05, 0) is 26.3 Å². The van der Waals surface area contributed by atoms with E-state index in [4.69, 9.17) is 5.11 Å². The average Bonchev–Trinajstić information content (AvgIpc) is 2.38.